The van der Waals surface area contributed by atoms with Crippen LogP contribution in [-0.2, 0) is 19.1 Å². The van der Waals surface area contributed by atoms with Gasteiger partial charge in [-0.2, -0.15) is 0 Å². The maximum Gasteiger partial charge on any atom is 0.323 e. The lowest BCUT2D eigenvalue weighted by atomic mass is 10.2. The lowest BCUT2D eigenvalue weighted by molar-refractivity contribution is -0.149. The van der Waals surface area contributed by atoms with Crippen LogP contribution in [0.3, 0.4) is 0 Å². The SMILES string of the molecule is CC(C)OC(=O)C(C)NP(NC(C)C(=O)OC(C)C)Oc1ccccc1C(=O)Nc1ccccc1. The second-order valence-corrected chi connectivity index (χ2v) is 9.66. The second-order valence-electron chi connectivity index (χ2n) is 8.37. The molecule has 0 bridgehead atoms. The molecule has 1 amide bonds. The third kappa shape index (κ3) is 9.64. The van der Waals surface area contributed by atoms with Crippen LogP contribution in [-0.4, -0.2) is 42.1 Å². The minimum atomic E-state index is -1.81. The molecule has 0 aliphatic carbocycles. The minimum Gasteiger partial charge on any atom is -0.462 e. The topological polar surface area (TPSA) is 115 Å². The molecule has 35 heavy (non-hydrogen) atoms. The first-order valence-electron chi connectivity index (χ1n) is 11.4. The van der Waals surface area contributed by atoms with Gasteiger partial charge in [0.2, 0.25) is 8.45 Å². The van der Waals surface area contributed by atoms with Gasteiger partial charge in [-0.15, -0.1) is 0 Å². The van der Waals surface area contributed by atoms with E-state index in [0.717, 1.165) is 0 Å². The number of carbonyl (C=O) groups is 3. The van der Waals surface area contributed by atoms with Crippen LogP contribution >= 0.6 is 8.45 Å². The highest BCUT2D eigenvalue weighted by molar-refractivity contribution is 7.48. The van der Waals surface area contributed by atoms with E-state index in [4.69, 9.17) is 14.0 Å². The van der Waals surface area contributed by atoms with Crippen molar-refractivity contribution in [3.8, 4) is 5.75 Å². The number of nitrogens with one attached hydrogen (secondary N) is 3. The number of hydrogen-bond acceptors (Lipinski definition) is 8. The van der Waals surface area contributed by atoms with Crippen molar-refractivity contribution in [2.75, 3.05) is 5.32 Å². The summed E-state index contributed by atoms with van der Waals surface area (Å²) in [6, 6.07) is 14.3. The van der Waals surface area contributed by atoms with Crippen molar-refractivity contribution in [1.29, 1.82) is 0 Å². The highest BCUT2D eigenvalue weighted by atomic mass is 31.2. The number of esters is 2. The number of rotatable bonds is 12. The summed E-state index contributed by atoms with van der Waals surface area (Å²) in [6.45, 7) is 10.3. The Hall–Kier alpha value is -3.00. The quantitative estimate of drug-likeness (QED) is 0.288. The van der Waals surface area contributed by atoms with E-state index in [1.54, 1.807) is 77.9 Å². The predicted molar refractivity (Wildman–Crippen MR) is 136 cm³/mol. The number of anilines is 1. The standard InChI is InChI=1S/C25H34N3O6P/c1-16(2)32-24(30)18(5)27-35(28-19(6)25(31)33-17(3)4)34-22-15-11-10-14-21(22)23(29)26-20-12-8-7-9-13-20/h7-19,27-28H,1-6H3,(H,26,29). The van der Waals surface area contributed by atoms with Gasteiger partial charge in [0.1, 0.15) is 17.8 Å². The molecule has 3 N–H and O–H groups in total. The normalized spacial score (nSPS) is 13.6. The average molecular weight is 504 g/mol. The fraction of sp³-hybridized carbons (Fsp3) is 0.400. The highest BCUT2D eigenvalue weighted by Crippen LogP contribution is 2.34. The molecule has 9 nitrogen and oxygen atoms in total. The van der Waals surface area contributed by atoms with Gasteiger partial charge < -0.3 is 19.3 Å². The summed E-state index contributed by atoms with van der Waals surface area (Å²) >= 11 is 0. The molecule has 0 aromatic heterocycles. The fourth-order valence-electron chi connectivity index (χ4n) is 2.77. The predicted octanol–water partition coefficient (Wildman–Crippen LogP) is 4.40. The molecular formula is C25H34N3O6P. The molecule has 0 radical (unpaired) electrons. The molecule has 0 saturated carbocycles. The van der Waals surface area contributed by atoms with E-state index in [1.807, 2.05) is 18.2 Å². The summed E-state index contributed by atoms with van der Waals surface area (Å²) in [5, 5.41) is 8.92. The molecule has 10 heteroatoms. The zero-order valence-electron chi connectivity index (χ0n) is 20.9. The molecule has 0 aliphatic rings. The van der Waals surface area contributed by atoms with E-state index < -0.39 is 32.5 Å². The number of hydrogen-bond donors (Lipinski definition) is 3. The zero-order valence-corrected chi connectivity index (χ0v) is 21.8. The summed E-state index contributed by atoms with van der Waals surface area (Å²) in [6.07, 6.45) is -0.566. The fourth-order valence-corrected chi connectivity index (χ4v) is 4.22. The Morgan fingerprint density at radius 3 is 1.71 bits per heavy atom. The van der Waals surface area contributed by atoms with E-state index in [-0.39, 0.29) is 23.9 Å². The monoisotopic (exact) mass is 503 g/mol. The van der Waals surface area contributed by atoms with E-state index in [1.165, 1.54) is 0 Å². The number of ether oxygens (including phenoxy) is 2. The largest absolute Gasteiger partial charge is 0.462 e. The Morgan fingerprint density at radius 2 is 1.20 bits per heavy atom. The first kappa shape index (κ1) is 28.2. The molecule has 2 rings (SSSR count). The second kappa shape index (κ2) is 13.8. The molecule has 0 saturated heterocycles. The van der Waals surface area contributed by atoms with Gasteiger partial charge in [0, 0.05) is 5.69 Å². The minimum absolute atomic E-state index is 0.279. The van der Waals surface area contributed by atoms with Crippen molar-refractivity contribution in [2.45, 2.75) is 65.8 Å². The summed E-state index contributed by atoms with van der Waals surface area (Å²) in [4.78, 5) is 37.7. The van der Waals surface area contributed by atoms with Gasteiger partial charge in [-0.05, 0) is 65.8 Å². The summed E-state index contributed by atoms with van der Waals surface area (Å²) < 4.78 is 16.7. The molecule has 0 fully saturated rings. The van der Waals surface area contributed by atoms with Crippen LogP contribution < -0.4 is 20.0 Å². The molecule has 2 unspecified atom stereocenters. The zero-order chi connectivity index (χ0) is 26.0. The highest BCUT2D eigenvalue weighted by Gasteiger charge is 2.27. The maximum absolute atomic E-state index is 12.9. The third-order valence-corrected chi connectivity index (χ3v) is 6.01. The smallest absolute Gasteiger partial charge is 0.323 e. The Balaban J connectivity index is 2.23. The van der Waals surface area contributed by atoms with Crippen molar-refractivity contribution >= 4 is 32.0 Å². The number of benzene rings is 2. The van der Waals surface area contributed by atoms with Gasteiger partial charge in [0.25, 0.3) is 5.91 Å². The van der Waals surface area contributed by atoms with E-state index >= 15 is 0 Å². The van der Waals surface area contributed by atoms with Crippen molar-refractivity contribution in [2.24, 2.45) is 0 Å². The number of carbonyl (C=O) groups excluding carboxylic acids is 3. The van der Waals surface area contributed by atoms with Crippen molar-refractivity contribution in [3.63, 3.8) is 0 Å². The summed E-state index contributed by atoms with van der Waals surface area (Å²) in [5.74, 6) is -1.02. The molecule has 0 heterocycles. The molecule has 0 aliphatic heterocycles. The maximum atomic E-state index is 12.9. The van der Waals surface area contributed by atoms with Crippen LogP contribution in [0.15, 0.2) is 54.6 Å². The van der Waals surface area contributed by atoms with Gasteiger partial charge in [-0.1, -0.05) is 30.3 Å². The van der Waals surface area contributed by atoms with Gasteiger partial charge in [0.15, 0.2) is 0 Å². The van der Waals surface area contributed by atoms with Crippen molar-refractivity contribution in [1.82, 2.24) is 10.2 Å². The summed E-state index contributed by atoms with van der Waals surface area (Å²) in [5.41, 5.74) is 0.934. The first-order valence-corrected chi connectivity index (χ1v) is 12.7. The summed E-state index contributed by atoms with van der Waals surface area (Å²) in [7, 11) is -1.81. The number of amides is 1. The lowest BCUT2D eigenvalue weighted by Gasteiger charge is -2.26. The van der Waals surface area contributed by atoms with Crippen LogP contribution in [0.25, 0.3) is 0 Å². The third-order valence-electron chi connectivity index (χ3n) is 4.39. The van der Waals surface area contributed by atoms with Gasteiger partial charge in [0.05, 0.1) is 17.8 Å². The molecule has 2 aromatic carbocycles. The average Bonchev–Trinajstić information content (AvgIpc) is 2.79. The van der Waals surface area contributed by atoms with Crippen LogP contribution in [0.2, 0.25) is 0 Å². The Labute approximate surface area is 207 Å². The van der Waals surface area contributed by atoms with Gasteiger partial charge >= 0.3 is 11.9 Å². The van der Waals surface area contributed by atoms with E-state index in [0.29, 0.717) is 11.3 Å². The van der Waals surface area contributed by atoms with Crippen LogP contribution in [0.4, 0.5) is 5.69 Å². The Bertz CT molecular complexity index is 956. The Morgan fingerprint density at radius 1 is 0.714 bits per heavy atom. The van der Waals surface area contributed by atoms with Crippen LogP contribution in [0, 0.1) is 0 Å². The van der Waals surface area contributed by atoms with Crippen molar-refractivity contribution < 1.29 is 28.4 Å². The molecule has 2 atom stereocenters. The molecule has 2 aromatic rings. The molecular weight excluding hydrogens is 469 g/mol. The Kier molecular flexibility index (Phi) is 11.1. The first-order chi connectivity index (χ1) is 16.6. The van der Waals surface area contributed by atoms with E-state index in [9.17, 15) is 14.4 Å². The van der Waals surface area contributed by atoms with Gasteiger partial charge in [-0.3, -0.25) is 14.4 Å². The van der Waals surface area contributed by atoms with Crippen molar-refractivity contribution in [3.05, 3.63) is 60.2 Å². The lowest BCUT2D eigenvalue weighted by Crippen LogP contribution is -2.41. The van der Waals surface area contributed by atoms with Crippen LogP contribution in [0.1, 0.15) is 51.9 Å². The van der Waals surface area contributed by atoms with E-state index in [2.05, 4.69) is 15.5 Å². The number of para-hydroxylation sites is 2. The van der Waals surface area contributed by atoms with Crippen LogP contribution in [0.5, 0.6) is 5.75 Å². The van der Waals surface area contributed by atoms with Gasteiger partial charge in [-0.25, -0.2) is 10.2 Å². The molecule has 0 spiro atoms. The molecule has 190 valence electrons.